The second-order valence-corrected chi connectivity index (χ2v) is 4.71. The van der Waals surface area contributed by atoms with E-state index in [0.29, 0.717) is 0 Å². The molecule has 0 aliphatic rings. The van der Waals surface area contributed by atoms with E-state index in [1.807, 2.05) is 0 Å². The average molecular weight is 336 g/mol. The first kappa shape index (κ1) is 17.2. The molecule has 0 fully saturated rings. The van der Waals surface area contributed by atoms with Gasteiger partial charge in [0.1, 0.15) is 0 Å². The number of amides is 1. The van der Waals surface area contributed by atoms with Crippen LogP contribution in [-0.2, 0) is 11.0 Å². The molecule has 0 spiro atoms. The standard InChI is InChI=1S/C16H11F3N2O3/c17-16(18,19)12-6-8-13(9-7-12)20-15(22)10-5-11-3-1-2-4-14(11)21(23)24/h1-10H,(H,20,22)/b10-5+. The Morgan fingerprint density at radius 1 is 1.08 bits per heavy atom. The fourth-order valence-electron chi connectivity index (χ4n) is 1.89. The second-order valence-electron chi connectivity index (χ2n) is 4.71. The van der Waals surface area contributed by atoms with Crippen molar-refractivity contribution in [3.05, 3.63) is 75.8 Å². The van der Waals surface area contributed by atoms with Crippen LogP contribution < -0.4 is 5.32 Å². The number of carbonyl (C=O) groups excluding carboxylic acids is 1. The van der Waals surface area contributed by atoms with E-state index >= 15 is 0 Å². The van der Waals surface area contributed by atoms with Gasteiger partial charge in [0, 0.05) is 17.8 Å². The number of hydrogen-bond acceptors (Lipinski definition) is 3. The van der Waals surface area contributed by atoms with Crippen molar-refractivity contribution in [2.45, 2.75) is 6.18 Å². The largest absolute Gasteiger partial charge is 0.416 e. The van der Waals surface area contributed by atoms with Gasteiger partial charge in [-0.1, -0.05) is 12.1 Å². The molecule has 8 heteroatoms. The number of para-hydroxylation sites is 1. The monoisotopic (exact) mass is 336 g/mol. The van der Waals surface area contributed by atoms with E-state index in [1.54, 1.807) is 6.07 Å². The van der Waals surface area contributed by atoms with Gasteiger partial charge in [-0.25, -0.2) is 0 Å². The van der Waals surface area contributed by atoms with Crippen molar-refractivity contribution in [1.82, 2.24) is 0 Å². The molecule has 0 aromatic heterocycles. The lowest BCUT2D eigenvalue weighted by atomic mass is 10.1. The third-order valence-electron chi connectivity index (χ3n) is 3.03. The molecular formula is C16H11F3N2O3. The van der Waals surface area contributed by atoms with Gasteiger partial charge in [-0.3, -0.25) is 14.9 Å². The Bertz CT molecular complexity index is 784. The Morgan fingerprint density at radius 2 is 1.71 bits per heavy atom. The summed E-state index contributed by atoms with van der Waals surface area (Å²) in [7, 11) is 0. The third kappa shape index (κ3) is 4.42. The number of nitrogens with zero attached hydrogens (tertiary/aromatic N) is 1. The normalized spacial score (nSPS) is 11.5. The molecule has 0 radical (unpaired) electrons. The predicted molar refractivity (Wildman–Crippen MR) is 82.2 cm³/mol. The minimum Gasteiger partial charge on any atom is -0.323 e. The summed E-state index contributed by atoms with van der Waals surface area (Å²) >= 11 is 0. The van der Waals surface area contributed by atoms with Gasteiger partial charge in [0.25, 0.3) is 5.69 Å². The molecule has 0 atom stereocenters. The number of anilines is 1. The van der Waals surface area contributed by atoms with Crippen molar-refractivity contribution in [3.63, 3.8) is 0 Å². The fraction of sp³-hybridized carbons (Fsp3) is 0.0625. The second kappa shape index (κ2) is 6.95. The van der Waals surface area contributed by atoms with Gasteiger partial charge in [0.2, 0.25) is 5.91 Å². The smallest absolute Gasteiger partial charge is 0.323 e. The minimum absolute atomic E-state index is 0.156. The summed E-state index contributed by atoms with van der Waals surface area (Å²) in [5, 5.41) is 13.2. The Balaban J connectivity index is 2.07. The molecule has 0 aliphatic heterocycles. The number of carbonyl (C=O) groups is 1. The highest BCUT2D eigenvalue weighted by atomic mass is 19.4. The van der Waals surface area contributed by atoms with Crippen LogP contribution in [0.15, 0.2) is 54.6 Å². The number of halogens is 3. The Morgan fingerprint density at radius 3 is 2.29 bits per heavy atom. The van der Waals surface area contributed by atoms with Crippen molar-refractivity contribution >= 4 is 23.4 Å². The van der Waals surface area contributed by atoms with E-state index in [9.17, 15) is 28.1 Å². The quantitative estimate of drug-likeness (QED) is 0.515. The Labute approximate surface area is 134 Å². The third-order valence-corrected chi connectivity index (χ3v) is 3.03. The SMILES string of the molecule is O=C(/C=C/c1ccccc1[N+](=O)[O-])Nc1ccc(C(F)(F)F)cc1. The van der Waals surface area contributed by atoms with Gasteiger partial charge >= 0.3 is 6.18 Å². The summed E-state index contributed by atoms with van der Waals surface area (Å²) in [4.78, 5) is 22.0. The molecule has 0 saturated carbocycles. The van der Waals surface area contributed by atoms with Gasteiger partial charge < -0.3 is 5.32 Å². The number of nitro benzene ring substituents is 1. The molecule has 5 nitrogen and oxygen atoms in total. The molecule has 0 heterocycles. The zero-order valence-corrected chi connectivity index (χ0v) is 12.1. The molecule has 1 N–H and O–H groups in total. The first-order valence-corrected chi connectivity index (χ1v) is 6.67. The Kier molecular flexibility index (Phi) is 4.98. The molecule has 1 amide bonds. The molecule has 0 saturated heterocycles. The van der Waals surface area contributed by atoms with Gasteiger partial charge in [0.05, 0.1) is 16.1 Å². The number of rotatable bonds is 4. The molecule has 0 unspecified atom stereocenters. The summed E-state index contributed by atoms with van der Waals surface area (Å²) < 4.78 is 37.3. The lowest BCUT2D eigenvalue weighted by Gasteiger charge is -2.07. The summed E-state index contributed by atoms with van der Waals surface area (Å²) in [6.07, 6.45) is -2.12. The summed E-state index contributed by atoms with van der Waals surface area (Å²) in [5.41, 5.74) is -0.558. The van der Waals surface area contributed by atoms with Gasteiger partial charge in [-0.2, -0.15) is 13.2 Å². The molecular weight excluding hydrogens is 325 g/mol. The van der Waals surface area contributed by atoms with Crippen LogP contribution in [0.25, 0.3) is 6.08 Å². The minimum atomic E-state index is -4.45. The summed E-state index contributed by atoms with van der Waals surface area (Å²) in [6.45, 7) is 0. The van der Waals surface area contributed by atoms with Gasteiger partial charge in [-0.15, -0.1) is 0 Å². The van der Waals surface area contributed by atoms with E-state index in [1.165, 1.54) is 24.3 Å². The number of alkyl halides is 3. The number of benzene rings is 2. The summed E-state index contributed by atoms with van der Waals surface area (Å²) in [6, 6.07) is 9.80. The molecule has 2 rings (SSSR count). The van der Waals surface area contributed by atoms with E-state index < -0.39 is 22.6 Å². The van der Waals surface area contributed by atoms with Crippen molar-refractivity contribution in [3.8, 4) is 0 Å². The lowest BCUT2D eigenvalue weighted by molar-refractivity contribution is -0.385. The number of nitro groups is 1. The molecule has 2 aromatic carbocycles. The number of hydrogen-bond donors (Lipinski definition) is 1. The topological polar surface area (TPSA) is 72.2 Å². The van der Waals surface area contributed by atoms with Crippen molar-refractivity contribution in [2.24, 2.45) is 0 Å². The van der Waals surface area contributed by atoms with Gasteiger partial charge in [0.15, 0.2) is 0 Å². The van der Waals surface area contributed by atoms with Crippen LogP contribution in [0, 0.1) is 10.1 Å². The van der Waals surface area contributed by atoms with Crippen LogP contribution in [0.4, 0.5) is 24.5 Å². The van der Waals surface area contributed by atoms with E-state index in [-0.39, 0.29) is 16.9 Å². The molecule has 0 aliphatic carbocycles. The fourth-order valence-corrected chi connectivity index (χ4v) is 1.89. The zero-order chi connectivity index (χ0) is 17.7. The van der Waals surface area contributed by atoms with Crippen LogP contribution in [0.3, 0.4) is 0 Å². The van der Waals surface area contributed by atoms with Crippen LogP contribution >= 0.6 is 0 Å². The van der Waals surface area contributed by atoms with Gasteiger partial charge in [-0.05, 0) is 36.4 Å². The molecule has 2 aromatic rings. The van der Waals surface area contributed by atoms with Crippen molar-refractivity contribution < 1.29 is 22.9 Å². The average Bonchev–Trinajstić information content (AvgIpc) is 2.53. The maximum Gasteiger partial charge on any atom is 0.416 e. The predicted octanol–water partition coefficient (Wildman–Crippen LogP) is 4.27. The molecule has 0 bridgehead atoms. The maximum absolute atomic E-state index is 12.4. The highest BCUT2D eigenvalue weighted by Gasteiger charge is 2.29. The van der Waals surface area contributed by atoms with Crippen LogP contribution in [0.2, 0.25) is 0 Å². The van der Waals surface area contributed by atoms with Crippen LogP contribution in [0.1, 0.15) is 11.1 Å². The van der Waals surface area contributed by atoms with Crippen LogP contribution in [0.5, 0.6) is 0 Å². The highest BCUT2D eigenvalue weighted by Crippen LogP contribution is 2.29. The Hall–Kier alpha value is -3.16. The van der Waals surface area contributed by atoms with E-state index in [2.05, 4.69) is 5.32 Å². The first-order chi connectivity index (χ1) is 11.3. The van der Waals surface area contributed by atoms with Crippen molar-refractivity contribution in [1.29, 1.82) is 0 Å². The van der Waals surface area contributed by atoms with Crippen molar-refractivity contribution in [2.75, 3.05) is 5.32 Å². The highest BCUT2D eigenvalue weighted by molar-refractivity contribution is 6.02. The number of nitrogens with one attached hydrogen (secondary N) is 1. The van der Waals surface area contributed by atoms with E-state index in [0.717, 1.165) is 30.3 Å². The van der Waals surface area contributed by atoms with Crippen LogP contribution in [-0.4, -0.2) is 10.8 Å². The first-order valence-electron chi connectivity index (χ1n) is 6.67. The van der Waals surface area contributed by atoms with E-state index in [4.69, 9.17) is 0 Å². The maximum atomic E-state index is 12.4. The zero-order valence-electron chi connectivity index (χ0n) is 12.1. The molecule has 24 heavy (non-hydrogen) atoms. The molecule has 124 valence electrons. The summed E-state index contributed by atoms with van der Waals surface area (Å²) in [5.74, 6) is -0.618. The lowest BCUT2D eigenvalue weighted by Crippen LogP contribution is -2.09.